The van der Waals surface area contributed by atoms with E-state index in [1.807, 2.05) is 0 Å². The van der Waals surface area contributed by atoms with Crippen molar-refractivity contribution in [3.63, 3.8) is 0 Å². The number of aliphatic carboxylic acids is 1. The van der Waals surface area contributed by atoms with Gasteiger partial charge in [0.2, 0.25) is 0 Å². The largest absolute Gasteiger partial charge is 0.481 e. The van der Waals surface area contributed by atoms with Gasteiger partial charge in [-0.2, -0.15) is 13.2 Å². The summed E-state index contributed by atoms with van der Waals surface area (Å²) in [6.07, 6.45) is -5.03. The highest BCUT2D eigenvalue weighted by Crippen LogP contribution is 2.34. The van der Waals surface area contributed by atoms with Gasteiger partial charge in [-0.05, 0) is 6.07 Å². The first-order valence-electron chi connectivity index (χ1n) is 4.56. The van der Waals surface area contributed by atoms with Crippen molar-refractivity contribution in [3.8, 4) is 0 Å². The molecule has 2 rings (SSSR count). The van der Waals surface area contributed by atoms with E-state index in [0.717, 1.165) is 0 Å². The van der Waals surface area contributed by atoms with Crippen LogP contribution in [0.25, 0.3) is 11.0 Å². The fraction of sp³-hybridized carbons (Fsp3) is 0.200. The molecule has 0 amide bonds. The number of carboxylic acid groups (broad SMARTS) is 1. The number of benzene rings is 1. The van der Waals surface area contributed by atoms with Crippen molar-refractivity contribution in [3.05, 3.63) is 29.5 Å². The molecule has 0 saturated heterocycles. The van der Waals surface area contributed by atoms with Crippen molar-refractivity contribution < 1.29 is 27.6 Å². The maximum atomic E-state index is 12.5. The quantitative estimate of drug-likeness (QED) is 0.882. The average molecular weight is 245 g/mol. The van der Waals surface area contributed by atoms with Crippen LogP contribution in [0.3, 0.4) is 0 Å². The normalized spacial score (nSPS) is 11.9. The van der Waals surface area contributed by atoms with Crippen LogP contribution in [0.15, 0.2) is 22.7 Å². The zero-order valence-corrected chi connectivity index (χ0v) is 8.28. The van der Waals surface area contributed by atoms with E-state index in [-0.39, 0.29) is 16.5 Å². The van der Waals surface area contributed by atoms with Gasteiger partial charge < -0.3 is 9.63 Å². The summed E-state index contributed by atoms with van der Waals surface area (Å²) in [5.41, 5.74) is -1.11. The van der Waals surface area contributed by atoms with Crippen molar-refractivity contribution in [2.45, 2.75) is 12.6 Å². The first-order valence-corrected chi connectivity index (χ1v) is 4.56. The molecule has 0 spiro atoms. The van der Waals surface area contributed by atoms with E-state index in [0.29, 0.717) is 0 Å². The molecule has 90 valence electrons. The molecule has 0 radical (unpaired) electrons. The third-order valence-corrected chi connectivity index (χ3v) is 2.19. The summed E-state index contributed by atoms with van der Waals surface area (Å²) in [6.45, 7) is 0. The number of carboxylic acids is 1. The summed E-state index contributed by atoms with van der Waals surface area (Å²) in [7, 11) is 0. The highest BCUT2D eigenvalue weighted by Gasteiger charge is 2.37. The molecule has 17 heavy (non-hydrogen) atoms. The molecule has 0 fully saturated rings. The minimum absolute atomic E-state index is 0.137. The van der Waals surface area contributed by atoms with E-state index >= 15 is 0 Å². The molecular formula is C10H6F3NO3. The van der Waals surface area contributed by atoms with Gasteiger partial charge in [0.25, 0.3) is 0 Å². The van der Waals surface area contributed by atoms with Crippen LogP contribution < -0.4 is 0 Å². The van der Waals surface area contributed by atoms with E-state index < -0.39 is 24.3 Å². The number of para-hydroxylation sites is 1. The van der Waals surface area contributed by atoms with Crippen molar-refractivity contribution in [1.82, 2.24) is 5.16 Å². The molecule has 0 aliphatic carbocycles. The summed E-state index contributed by atoms with van der Waals surface area (Å²) in [4.78, 5) is 10.5. The van der Waals surface area contributed by atoms with Crippen LogP contribution in [0.1, 0.15) is 11.3 Å². The van der Waals surface area contributed by atoms with Crippen LogP contribution in [0.4, 0.5) is 13.2 Å². The van der Waals surface area contributed by atoms with E-state index in [2.05, 4.69) is 9.68 Å². The molecular weight excluding hydrogens is 239 g/mol. The number of nitrogens with zero attached hydrogens (tertiary/aromatic N) is 1. The predicted molar refractivity (Wildman–Crippen MR) is 50.4 cm³/mol. The molecule has 0 aliphatic rings. The number of hydrogen-bond donors (Lipinski definition) is 1. The van der Waals surface area contributed by atoms with Gasteiger partial charge in [0, 0.05) is 5.56 Å². The van der Waals surface area contributed by atoms with Gasteiger partial charge in [-0.15, -0.1) is 0 Å². The smallest absolute Gasteiger partial charge is 0.437 e. The number of carbonyl (C=O) groups is 1. The Bertz CT molecular complexity index is 574. The van der Waals surface area contributed by atoms with Crippen molar-refractivity contribution >= 4 is 16.9 Å². The van der Waals surface area contributed by atoms with Crippen LogP contribution in [0.5, 0.6) is 0 Å². The third-order valence-electron chi connectivity index (χ3n) is 2.19. The highest BCUT2D eigenvalue weighted by molar-refractivity contribution is 5.86. The van der Waals surface area contributed by atoms with Gasteiger partial charge >= 0.3 is 12.1 Å². The summed E-state index contributed by atoms with van der Waals surface area (Å²) in [5, 5.41) is 11.3. The standard InChI is InChI=1S/C10H6F3NO3/c11-10(12,13)9-6-3-1-2-5(4-7(15)16)8(6)17-14-9/h1-3H,4H2,(H,15,16). The second-order valence-corrected chi connectivity index (χ2v) is 3.39. The number of aromatic nitrogens is 1. The van der Waals surface area contributed by atoms with Gasteiger partial charge in [-0.1, -0.05) is 17.3 Å². The first-order chi connectivity index (χ1) is 7.89. The fourth-order valence-corrected chi connectivity index (χ4v) is 1.53. The Morgan fingerprint density at radius 1 is 1.41 bits per heavy atom. The van der Waals surface area contributed by atoms with Crippen LogP contribution in [0.2, 0.25) is 0 Å². The lowest BCUT2D eigenvalue weighted by Crippen LogP contribution is -2.05. The monoisotopic (exact) mass is 245 g/mol. The second kappa shape index (κ2) is 3.76. The Labute approximate surface area is 92.6 Å². The van der Waals surface area contributed by atoms with Gasteiger partial charge in [0.15, 0.2) is 11.3 Å². The zero-order chi connectivity index (χ0) is 12.6. The number of alkyl halides is 3. The summed E-state index contributed by atoms with van der Waals surface area (Å²) >= 11 is 0. The molecule has 4 nitrogen and oxygen atoms in total. The van der Waals surface area contributed by atoms with E-state index in [1.54, 1.807) is 0 Å². The first kappa shape index (κ1) is 11.4. The molecule has 0 saturated carbocycles. The van der Waals surface area contributed by atoms with Gasteiger partial charge in [0.1, 0.15) is 0 Å². The van der Waals surface area contributed by atoms with Crippen LogP contribution >= 0.6 is 0 Å². The second-order valence-electron chi connectivity index (χ2n) is 3.39. The molecule has 0 unspecified atom stereocenters. The Morgan fingerprint density at radius 3 is 2.71 bits per heavy atom. The van der Waals surface area contributed by atoms with Crippen LogP contribution in [-0.2, 0) is 17.4 Å². The Kier molecular flexibility index (Phi) is 2.53. The molecule has 1 N–H and O–H groups in total. The Hall–Kier alpha value is -2.05. The molecule has 2 aromatic rings. The Balaban J connectivity index is 2.61. The van der Waals surface area contributed by atoms with E-state index in [4.69, 9.17) is 5.11 Å². The number of rotatable bonds is 2. The highest BCUT2D eigenvalue weighted by atomic mass is 19.4. The molecule has 0 aliphatic heterocycles. The third kappa shape index (κ3) is 2.08. The van der Waals surface area contributed by atoms with Crippen molar-refractivity contribution in [2.24, 2.45) is 0 Å². The predicted octanol–water partition coefficient (Wildman–Crippen LogP) is 2.47. The average Bonchev–Trinajstić information content (AvgIpc) is 2.60. The summed E-state index contributed by atoms with van der Waals surface area (Å²) < 4.78 is 42.1. The minimum atomic E-state index is -4.62. The zero-order valence-electron chi connectivity index (χ0n) is 8.28. The topological polar surface area (TPSA) is 63.3 Å². The van der Waals surface area contributed by atoms with Gasteiger partial charge in [-0.25, -0.2) is 0 Å². The molecule has 1 aromatic heterocycles. The minimum Gasteiger partial charge on any atom is -0.481 e. The molecule has 1 aromatic carbocycles. The molecule has 0 bridgehead atoms. The van der Waals surface area contributed by atoms with Crippen molar-refractivity contribution in [1.29, 1.82) is 0 Å². The number of halogens is 3. The molecule has 1 heterocycles. The number of fused-ring (bicyclic) bond motifs is 1. The lowest BCUT2D eigenvalue weighted by Gasteiger charge is -2.01. The summed E-state index contributed by atoms with van der Waals surface area (Å²) in [6, 6.07) is 3.93. The van der Waals surface area contributed by atoms with Gasteiger partial charge in [0.05, 0.1) is 11.8 Å². The van der Waals surface area contributed by atoms with E-state index in [9.17, 15) is 18.0 Å². The van der Waals surface area contributed by atoms with E-state index in [1.165, 1.54) is 18.2 Å². The maximum Gasteiger partial charge on any atom is 0.437 e. The molecule has 7 heteroatoms. The lowest BCUT2D eigenvalue weighted by atomic mass is 10.1. The lowest BCUT2D eigenvalue weighted by molar-refractivity contribution is -0.141. The maximum absolute atomic E-state index is 12.5. The van der Waals surface area contributed by atoms with Crippen LogP contribution in [-0.4, -0.2) is 16.2 Å². The van der Waals surface area contributed by atoms with Crippen LogP contribution in [0, 0.1) is 0 Å². The summed E-state index contributed by atoms with van der Waals surface area (Å²) in [5.74, 6) is -1.15. The fourth-order valence-electron chi connectivity index (χ4n) is 1.53. The Morgan fingerprint density at radius 2 is 2.12 bits per heavy atom. The van der Waals surface area contributed by atoms with Crippen molar-refractivity contribution in [2.75, 3.05) is 0 Å². The molecule has 0 atom stereocenters. The number of hydrogen-bond acceptors (Lipinski definition) is 3. The SMILES string of the molecule is O=C(O)Cc1cccc2c(C(F)(F)F)noc12. The van der Waals surface area contributed by atoms with Gasteiger partial charge in [-0.3, -0.25) is 4.79 Å².